The largest absolute Gasteiger partial charge is 0.291 e. The standard InChI is InChI=1S/C19H11NO3/c21-17-13-5-1-2-6-14(13)18(22)16-11-12(7-8-15(16)17)19(23)20-9-3-4-10-20/h1-11H. The Morgan fingerprint density at radius 1 is 0.696 bits per heavy atom. The van der Waals surface area contributed by atoms with Crippen LogP contribution >= 0.6 is 0 Å². The van der Waals surface area contributed by atoms with Gasteiger partial charge < -0.3 is 0 Å². The molecule has 0 atom stereocenters. The Kier molecular flexibility index (Phi) is 2.84. The van der Waals surface area contributed by atoms with E-state index in [1.165, 1.54) is 10.6 Å². The van der Waals surface area contributed by atoms with Gasteiger partial charge in [-0.1, -0.05) is 24.3 Å². The van der Waals surface area contributed by atoms with Crippen molar-refractivity contribution in [3.8, 4) is 0 Å². The summed E-state index contributed by atoms with van der Waals surface area (Å²) in [4.78, 5) is 37.6. The number of ketones is 2. The number of aromatic nitrogens is 1. The summed E-state index contributed by atoms with van der Waals surface area (Å²) >= 11 is 0. The number of nitrogens with zero attached hydrogens (tertiary/aromatic N) is 1. The molecular weight excluding hydrogens is 290 g/mol. The summed E-state index contributed by atoms with van der Waals surface area (Å²) in [5.74, 6) is -0.649. The van der Waals surface area contributed by atoms with Crippen molar-refractivity contribution in [2.45, 2.75) is 0 Å². The fourth-order valence-electron chi connectivity index (χ4n) is 2.85. The van der Waals surface area contributed by atoms with Gasteiger partial charge in [-0.25, -0.2) is 0 Å². The molecule has 23 heavy (non-hydrogen) atoms. The lowest BCUT2D eigenvalue weighted by atomic mass is 9.83. The van der Waals surface area contributed by atoms with Crippen molar-refractivity contribution in [3.05, 3.63) is 94.8 Å². The van der Waals surface area contributed by atoms with Crippen molar-refractivity contribution < 1.29 is 14.4 Å². The molecule has 4 nitrogen and oxygen atoms in total. The van der Waals surface area contributed by atoms with E-state index in [4.69, 9.17) is 0 Å². The van der Waals surface area contributed by atoms with Crippen LogP contribution < -0.4 is 0 Å². The van der Waals surface area contributed by atoms with Crippen molar-refractivity contribution >= 4 is 17.5 Å². The van der Waals surface area contributed by atoms with Crippen molar-refractivity contribution in [2.24, 2.45) is 0 Å². The van der Waals surface area contributed by atoms with Crippen LogP contribution in [0.3, 0.4) is 0 Å². The van der Waals surface area contributed by atoms with E-state index >= 15 is 0 Å². The molecule has 1 aromatic heterocycles. The Balaban J connectivity index is 1.85. The maximum Gasteiger partial charge on any atom is 0.261 e. The molecule has 0 unspecified atom stereocenters. The lowest BCUT2D eigenvalue weighted by molar-refractivity contribution is 0.0957. The number of rotatable bonds is 1. The molecule has 3 aromatic rings. The van der Waals surface area contributed by atoms with Crippen LogP contribution in [0.15, 0.2) is 67.0 Å². The highest BCUT2D eigenvalue weighted by atomic mass is 16.2. The van der Waals surface area contributed by atoms with Crippen molar-refractivity contribution in [1.29, 1.82) is 0 Å². The highest BCUT2D eigenvalue weighted by Gasteiger charge is 2.29. The zero-order valence-corrected chi connectivity index (χ0v) is 12.0. The molecule has 0 bridgehead atoms. The van der Waals surface area contributed by atoms with Crippen LogP contribution in [0.2, 0.25) is 0 Å². The predicted octanol–water partition coefficient (Wildman–Crippen LogP) is 2.95. The Labute approximate surface area is 132 Å². The molecule has 1 heterocycles. The number of carbonyl (C=O) groups excluding carboxylic acids is 3. The minimum atomic E-state index is -0.239. The fraction of sp³-hybridized carbons (Fsp3) is 0. The van der Waals surface area contributed by atoms with Crippen LogP contribution in [0.1, 0.15) is 42.2 Å². The lowest BCUT2D eigenvalue weighted by Gasteiger charge is -2.17. The molecule has 1 aliphatic carbocycles. The van der Waals surface area contributed by atoms with Gasteiger partial charge in [-0.2, -0.15) is 0 Å². The van der Waals surface area contributed by atoms with Crippen molar-refractivity contribution in [2.75, 3.05) is 0 Å². The highest BCUT2D eigenvalue weighted by molar-refractivity contribution is 6.28. The second-order valence-electron chi connectivity index (χ2n) is 5.36. The summed E-state index contributed by atoms with van der Waals surface area (Å²) in [5, 5.41) is 0. The van der Waals surface area contributed by atoms with Gasteiger partial charge in [-0.15, -0.1) is 0 Å². The normalized spacial score (nSPS) is 12.7. The zero-order chi connectivity index (χ0) is 16.0. The van der Waals surface area contributed by atoms with E-state index < -0.39 is 0 Å². The maximum atomic E-state index is 12.6. The minimum absolute atomic E-state index is 0.185. The average Bonchev–Trinajstić information content (AvgIpc) is 3.13. The summed E-state index contributed by atoms with van der Waals surface area (Å²) in [6, 6.07) is 14.9. The Bertz CT molecular complexity index is 968. The van der Waals surface area contributed by atoms with Gasteiger partial charge in [0, 0.05) is 40.2 Å². The number of hydrogen-bond donors (Lipinski definition) is 0. The quantitative estimate of drug-likeness (QED) is 0.543. The monoisotopic (exact) mass is 301 g/mol. The molecular formula is C19H11NO3. The van der Waals surface area contributed by atoms with Crippen molar-refractivity contribution in [1.82, 2.24) is 4.57 Å². The second kappa shape index (κ2) is 4.88. The van der Waals surface area contributed by atoms with E-state index in [1.807, 2.05) is 0 Å². The molecule has 1 aliphatic rings. The summed E-state index contributed by atoms with van der Waals surface area (Å²) in [7, 11) is 0. The molecule has 0 saturated carbocycles. The van der Waals surface area contributed by atoms with Crippen LogP contribution in [0, 0.1) is 0 Å². The van der Waals surface area contributed by atoms with Crippen LogP contribution in [0.4, 0.5) is 0 Å². The number of fused-ring (bicyclic) bond motifs is 2. The first kappa shape index (κ1) is 13.4. The maximum absolute atomic E-state index is 12.6. The Hall–Kier alpha value is -3.27. The summed E-state index contributed by atoms with van der Waals surface area (Å²) in [5.41, 5.74) is 1.80. The van der Waals surface area contributed by atoms with Gasteiger partial charge in [-0.3, -0.25) is 19.0 Å². The Morgan fingerprint density at radius 2 is 1.26 bits per heavy atom. The summed E-state index contributed by atoms with van der Waals surface area (Å²) in [6.45, 7) is 0. The van der Waals surface area contributed by atoms with Gasteiger partial charge in [0.25, 0.3) is 5.91 Å². The van der Waals surface area contributed by atoms with Gasteiger partial charge in [0.05, 0.1) is 0 Å². The van der Waals surface area contributed by atoms with E-state index in [-0.39, 0.29) is 23.0 Å². The van der Waals surface area contributed by atoms with Crippen LogP contribution in [0.25, 0.3) is 0 Å². The highest BCUT2D eigenvalue weighted by Crippen LogP contribution is 2.28. The molecule has 4 rings (SSSR count). The molecule has 110 valence electrons. The summed E-state index contributed by atoms with van der Waals surface area (Å²) < 4.78 is 1.44. The minimum Gasteiger partial charge on any atom is -0.291 e. The molecule has 0 aliphatic heterocycles. The van der Waals surface area contributed by atoms with E-state index in [1.54, 1.807) is 60.9 Å². The van der Waals surface area contributed by atoms with E-state index in [0.717, 1.165) is 0 Å². The second-order valence-corrected chi connectivity index (χ2v) is 5.36. The predicted molar refractivity (Wildman–Crippen MR) is 83.9 cm³/mol. The number of hydrogen-bond acceptors (Lipinski definition) is 3. The lowest BCUT2D eigenvalue weighted by Crippen LogP contribution is -2.22. The van der Waals surface area contributed by atoms with Gasteiger partial charge in [0.1, 0.15) is 0 Å². The molecule has 0 radical (unpaired) electrons. The van der Waals surface area contributed by atoms with Gasteiger partial charge in [0.2, 0.25) is 0 Å². The molecule has 0 spiro atoms. The third kappa shape index (κ3) is 1.96. The fourth-order valence-corrected chi connectivity index (χ4v) is 2.85. The SMILES string of the molecule is O=C1c2ccccc2C(=O)c2cc(C(=O)n3cccc3)ccc21. The van der Waals surface area contributed by atoms with Crippen LogP contribution in [-0.2, 0) is 0 Å². The smallest absolute Gasteiger partial charge is 0.261 e. The zero-order valence-electron chi connectivity index (χ0n) is 12.0. The van der Waals surface area contributed by atoms with E-state index in [9.17, 15) is 14.4 Å². The third-order valence-corrected chi connectivity index (χ3v) is 4.01. The molecule has 0 fully saturated rings. The van der Waals surface area contributed by atoms with Gasteiger partial charge in [0.15, 0.2) is 11.6 Å². The molecule has 0 amide bonds. The average molecular weight is 301 g/mol. The van der Waals surface area contributed by atoms with Crippen LogP contribution in [0.5, 0.6) is 0 Å². The molecule has 0 saturated heterocycles. The van der Waals surface area contributed by atoms with Gasteiger partial charge >= 0.3 is 0 Å². The first-order valence-corrected chi connectivity index (χ1v) is 7.17. The third-order valence-electron chi connectivity index (χ3n) is 4.01. The van der Waals surface area contributed by atoms with E-state index in [0.29, 0.717) is 22.3 Å². The summed E-state index contributed by atoms with van der Waals surface area (Å²) in [6.07, 6.45) is 3.29. The molecule has 0 N–H and O–H groups in total. The first-order valence-electron chi connectivity index (χ1n) is 7.17. The number of benzene rings is 2. The van der Waals surface area contributed by atoms with Gasteiger partial charge in [-0.05, 0) is 30.3 Å². The first-order chi connectivity index (χ1) is 11.2. The topological polar surface area (TPSA) is 56.1 Å². The van der Waals surface area contributed by atoms with E-state index in [2.05, 4.69) is 0 Å². The van der Waals surface area contributed by atoms with Crippen LogP contribution in [-0.4, -0.2) is 22.0 Å². The Morgan fingerprint density at radius 3 is 1.91 bits per heavy atom. The van der Waals surface area contributed by atoms with Crippen molar-refractivity contribution in [3.63, 3.8) is 0 Å². The number of carbonyl (C=O) groups is 3. The molecule has 2 aromatic carbocycles. The molecule has 4 heteroatoms.